The fraction of sp³-hybridized carbons (Fsp3) is 0.571. The van der Waals surface area contributed by atoms with Crippen LogP contribution in [-0.2, 0) is 9.84 Å². The molecule has 1 aliphatic rings. The number of nitrogens with two attached hydrogens (primary N) is 1. The summed E-state index contributed by atoms with van der Waals surface area (Å²) in [6.07, 6.45) is -0.393. The minimum absolute atomic E-state index is 0.0228. The summed E-state index contributed by atoms with van der Waals surface area (Å²) in [6, 6.07) is 5.84. The third kappa shape index (κ3) is 2.68. The molecule has 4 nitrogen and oxygen atoms in total. The van der Waals surface area contributed by atoms with Crippen molar-refractivity contribution in [1.82, 2.24) is 0 Å². The van der Waals surface area contributed by atoms with Crippen molar-refractivity contribution in [1.29, 1.82) is 0 Å². The molecule has 0 aliphatic carbocycles. The van der Waals surface area contributed by atoms with Crippen molar-refractivity contribution in [2.45, 2.75) is 26.4 Å². The summed E-state index contributed by atoms with van der Waals surface area (Å²) in [7, 11) is -3.08. The van der Waals surface area contributed by atoms with Gasteiger partial charge in [0.15, 0.2) is 9.84 Å². The van der Waals surface area contributed by atoms with Gasteiger partial charge >= 0.3 is 0 Å². The van der Waals surface area contributed by atoms with Crippen LogP contribution in [0.15, 0.2) is 18.2 Å². The molecule has 0 aromatic heterocycles. The van der Waals surface area contributed by atoms with E-state index in [-0.39, 0.29) is 18.1 Å². The van der Waals surface area contributed by atoms with Gasteiger partial charge in [-0.1, -0.05) is 23.8 Å². The van der Waals surface area contributed by atoms with Crippen LogP contribution in [0.25, 0.3) is 0 Å². The number of hydrogen-bond acceptors (Lipinski definition) is 4. The molecular weight excluding hydrogens is 262 g/mol. The maximum absolute atomic E-state index is 11.7. The third-order valence-corrected chi connectivity index (χ3v) is 5.98. The zero-order valence-corrected chi connectivity index (χ0v) is 12.2. The van der Waals surface area contributed by atoms with Crippen LogP contribution in [0.5, 0.6) is 0 Å². The zero-order chi connectivity index (χ0) is 14.3. The number of aliphatic hydroxyl groups excluding tert-OH is 1. The molecule has 0 bridgehead atoms. The topological polar surface area (TPSA) is 80.4 Å². The van der Waals surface area contributed by atoms with Crippen molar-refractivity contribution >= 4 is 9.84 Å². The third-order valence-electron chi connectivity index (χ3n) is 4.13. The number of aliphatic hydroxyl groups is 1. The largest absolute Gasteiger partial charge is 0.388 e. The summed E-state index contributed by atoms with van der Waals surface area (Å²) < 4.78 is 23.5. The van der Waals surface area contributed by atoms with Crippen molar-refractivity contribution in [3.05, 3.63) is 34.9 Å². The van der Waals surface area contributed by atoms with E-state index in [0.29, 0.717) is 6.42 Å². The second-order valence-corrected chi connectivity index (χ2v) is 7.86. The number of sulfone groups is 1. The molecule has 106 valence electrons. The molecule has 2 unspecified atom stereocenters. The Balaban J connectivity index is 2.42. The molecule has 2 atom stereocenters. The first-order valence-electron chi connectivity index (χ1n) is 6.45. The van der Waals surface area contributed by atoms with E-state index in [0.717, 1.165) is 16.7 Å². The highest BCUT2D eigenvalue weighted by molar-refractivity contribution is 7.91. The highest BCUT2D eigenvalue weighted by Crippen LogP contribution is 2.43. The monoisotopic (exact) mass is 283 g/mol. The van der Waals surface area contributed by atoms with Crippen molar-refractivity contribution in [2.75, 3.05) is 18.1 Å². The van der Waals surface area contributed by atoms with Gasteiger partial charge in [-0.2, -0.15) is 0 Å². The molecule has 1 aliphatic heterocycles. The number of rotatable bonds is 3. The number of benzene rings is 1. The second kappa shape index (κ2) is 4.89. The van der Waals surface area contributed by atoms with Crippen molar-refractivity contribution in [2.24, 2.45) is 11.1 Å². The van der Waals surface area contributed by atoms with E-state index in [2.05, 4.69) is 0 Å². The zero-order valence-electron chi connectivity index (χ0n) is 11.4. The second-order valence-electron chi connectivity index (χ2n) is 5.67. The van der Waals surface area contributed by atoms with Crippen LogP contribution in [0, 0.1) is 19.3 Å². The molecule has 0 radical (unpaired) electrons. The van der Waals surface area contributed by atoms with Crippen LogP contribution in [-0.4, -0.2) is 31.6 Å². The molecule has 0 amide bonds. The van der Waals surface area contributed by atoms with Gasteiger partial charge in [-0.3, -0.25) is 0 Å². The molecule has 0 saturated carbocycles. The van der Waals surface area contributed by atoms with E-state index in [1.807, 2.05) is 32.0 Å². The molecule has 2 rings (SSSR count). The lowest BCUT2D eigenvalue weighted by Crippen LogP contribution is -2.38. The van der Waals surface area contributed by atoms with E-state index in [9.17, 15) is 13.5 Å². The Morgan fingerprint density at radius 3 is 2.63 bits per heavy atom. The average Bonchev–Trinajstić information content (AvgIpc) is 2.68. The van der Waals surface area contributed by atoms with Gasteiger partial charge in [0.1, 0.15) is 0 Å². The van der Waals surface area contributed by atoms with Gasteiger partial charge in [0, 0.05) is 12.0 Å². The first kappa shape index (κ1) is 14.5. The van der Waals surface area contributed by atoms with E-state index in [4.69, 9.17) is 5.73 Å². The van der Waals surface area contributed by atoms with Crippen LogP contribution in [0.3, 0.4) is 0 Å². The highest BCUT2D eigenvalue weighted by Gasteiger charge is 2.47. The summed E-state index contributed by atoms with van der Waals surface area (Å²) in [6.45, 7) is 4.06. The average molecular weight is 283 g/mol. The standard InChI is InChI=1S/C14H21NO3S/c1-10-3-4-11(2)12(7-10)13(16)14(8-15)5-6-19(17,18)9-14/h3-4,7,13,16H,5-6,8-9,15H2,1-2H3. The lowest BCUT2D eigenvalue weighted by molar-refractivity contribution is 0.0466. The maximum Gasteiger partial charge on any atom is 0.151 e. The minimum atomic E-state index is -3.08. The molecule has 1 heterocycles. The lowest BCUT2D eigenvalue weighted by atomic mass is 9.77. The van der Waals surface area contributed by atoms with Crippen LogP contribution in [0.2, 0.25) is 0 Å². The van der Waals surface area contributed by atoms with E-state index < -0.39 is 21.4 Å². The Morgan fingerprint density at radius 1 is 1.42 bits per heavy atom. The molecule has 1 aromatic rings. The first-order valence-corrected chi connectivity index (χ1v) is 8.27. The fourth-order valence-corrected chi connectivity index (χ4v) is 4.97. The summed E-state index contributed by atoms with van der Waals surface area (Å²) in [4.78, 5) is 0. The van der Waals surface area contributed by atoms with E-state index in [1.165, 1.54) is 0 Å². The van der Waals surface area contributed by atoms with Crippen molar-refractivity contribution in [3.63, 3.8) is 0 Å². The van der Waals surface area contributed by atoms with Crippen LogP contribution >= 0.6 is 0 Å². The van der Waals surface area contributed by atoms with Crippen LogP contribution in [0.1, 0.15) is 29.2 Å². The molecule has 0 spiro atoms. The molecule has 1 saturated heterocycles. The van der Waals surface area contributed by atoms with Crippen molar-refractivity contribution < 1.29 is 13.5 Å². The van der Waals surface area contributed by atoms with Gasteiger partial charge in [0.25, 0.3) is 0 Å². The normalized spacial score (nSPS) is 27.4. The Bertz CT molecular complexity index is 582. The Hall–Kier alpha value is -0.910. The smallest absolute Gasteiger partial charge is 0.151 e. The Labute approximate surface area is 114 Å². The van der Waals surface area contributed by atoms with Crippen LogP contribution in [0.4, 0.5) is 0 Å². The Morgan fingerprint density at radius 2 is 2.11 bits per heavy atom. The van der Waals surface area contributed by atoms with Gasteiger partial charge in [-0.15, -0.1) is 0 Å². The summed E-state index contributed by atoms with van der Waals surface area (Å²) >= 11 is 0. The lowest BCUT2D eigenvalue weighted by Gasteiger charge is -2.33. The molecule has 5 heteroatoms. The van der Waals surface area contributed by atoms with Gasteiger partial charge in [-0.05, 0) is 31.4 Å². The fourth-order valence-electron chi connectivity index (χ4n) is 2.81. The maximum atomic E-state index is 11.7. The molecule has 3 N–H and O–H groups in total. The predicted octanol–water partition coefficient (Wildman–Crippen LogP) is 1.10. The highest BCUT2D eigenvalue weighted by atomic mass is 32.2. The molecule has 1 aromatic carbocycles. The molecule has 1 fully saturated rings. The number of hydrogen-bond donors (Lipinski definition) is 2. The summed E-state index contributed by atoms with van der Waals surface area (Å²) in [5, 5.41) is 10.7. The molecular formula is C14H21NO3S. The van der Waals surface area contributed by atoms with Gasteiger partial charge in [0.05, 0.1) is 17.6 Å². The summed E-state index contributed by atoms with van der Waals surface area (Å²) in [5.74, 6) is 0.0944. The van der Waals surface area contributed by atoms with Crippen molar-refractivity contribution in [3.8, 4) is 0 Å². The predicted molar refractivity (Wildman–Crippen MR) is 75.6 cm³/mol. The quantitative estimate of drug-likeness (QED) is 0.870. The molecule has 19 heavy (non-hydrogen) atoms. The Kier molecular flexibility index (Phi) is 3.73. The van der Waals surface area contributed by atoms with Crippen LogP contribution < -0.4 is 5.73 Å². The van der Waals surface area contributed by atoms with E-state index >= 15 is 0 Å². The van der Waals surface area contributed by atoms with Gasteiger partial charge < -0.3 is 10.8 Å². The number of aryl methyl sites for hydroxylation is 2. The minimum Gasteiger partial charge on any atom is -0.388 e. The van der Waals surface area contributed by atoms with Gasteiger partial charge in [0.2, 0.25) is 0 Å². The SMILES string of the molecule is Cc1ccc(C)c(C(O)C2(CN)CCS(=O)(=O)C2)c1. The summed E-state index contributed by atoms with van der Waals surface area (Å²) in [5.41, 5.74) is 7.86. The van der Waals surface area contributed by atoms with Gasteiger partial charge in [-0.25, -0.2) is 8.42 Å². The first-order chi connectivity index (χ1) is 8.80. The van der Waals surface area contributed by atoms with E-state index in [1.54, 1.807) is 0 Å².